The summed E-state index contributed by atoms with van der Waals surface area (Å²) in [5, 5.41) is 0. The van der Waals surface area contributed by atoms with Crippen molar-refractivity contribution in [3.05, 3.63) is 53.8 Å². The summed E-state index contributed by atoms with van der Waals surface area (Å²) in [7, 11) is -3.73. The van der Waals surface area contributed by atoms with E-state index in [4.69, 9.17) is 9.47 Å². The average molecular weight is 519 g/mol. The van der Waals surface area contributed by atoms with Crippen LogP contribution in [0.15, 0.2) is 47.4 Å². The molecular formula is C25H29FN3O6S+. The van der Waals surface area contributed by atoms with Crippen LogP contribution in [0.3, 0.4) is 0 Å². The molecule has 0 aliphatic carbocycles. The highest BCUT2D eigenvalue weighted by molar-refractivity contribution is 7.89. The zero-order valence-electron chi connectivity index (χ0n) is 19.8. The van der Waals surface area contributed by atoms with Gasteiger partial charge in [0.15, 0.2) is 17.5 Å². The van der Waals surface area contributed by atoms with E-state index in [-0.39, 0.29) is 29.5 Å². The SMILES string of the molecule is O=C(c1ccc(F)cc1)N1CCCC[C@@H]([NH+]2CCN(S(=O)(=O)c3ccc4c(c3)OCCO4)CC2)C1=O. The Morgan fingerprint density at radius 1 is 0.944 bits per heavy atom. The van der Waals surface area contributed by atoms with E-state index in [1.165, 1.54) is 45.6 Å². The van der Waals surface area contributed by atoms with Crippen LogP contribution in [-0.2, 0) is 14.8 Å². The molecule has 192 valence electrons. The molecule has 0 unspecified atom stereocenters. The molecule has 2 fully saturated rings. The molecule has 0 saturated carbocycles. The minimum Gasteiger partial charge on any atom is -0.486 e. The summed E-state index contributed by atoms with van der Waals surface area (Å²) in [4.78, 5) is 28.8. The van der Waals surface area contributed by atoms with E-state index >= 15 is 0 Å². The van der Waals surface area contributed by atoms with Crippen LogP contribution in [0.4, 0.5) is 4.39 Å². The molecule has 9 nitrogen and oxygen atoms in total. The van der Waals surface area contributed by atoms with Crippen molar-refractivity contribution < 1.29 is 36.8 Å². The number of carbonyl (C=O) groups is 2. The number of piperazine rings is 1. The van der Waals surface area contributed by atoms with Crippen LogP contribution in [0.2, 0.25) is 0 Å². The molecule has 0 radical (unpaired) electrons. The first-order valence-corrected chi connectivity index (χ1v) is 13.6. The quantitative estimate of drug-likeness (QED) is 0.599. The number of nitrogens with zero attached hydrogens (tertiary/aromatic N) is 2. The fraction of sp³-hybridized carbons (Fsp3) is 0.440. The Labute approximate surface area is 209 Å². The maximum absolute atomic E-state index is 13.4. The van der Waals surface area contributed by atoms with Gasteiger partial charge in [0.1, 0.15) is 19.0 Å². The zero-order chi connectivity index (χ0) is 25.3. The van der Waals surface area contributed by atoms with Crippen LogP contribution in [0.25, 0.3) is 0 Å². The molecule has 11 heteroatoms. The van der Waals surface area contributed by atoms with Gasteiger partial charge in [0, 0.05) is 24.6 Å². The van der Waals surface area contributed by atoms with Crippen molar-refractivity contribution in [2.75, 3.05) is 45.9 Å². The third-order valence-corrected chi connectivity index (χ3v) is 8.93. The van der Waals surface area contributed by atoms with Crippen molar-refractivity contribution in [2.45, 2.75) is 30.2 Å². The second-order valence-corrected chi connectivity index (χ2v) is 11.2. The third-order valence-electron chi connectivity index (χ3n) is 7.03. The summed E-state index contributed by atoms with van der Waals surface area (Å²) in [6.07, 6.45) is 2.13. The highest BCUT2D eigenvalue weighted by atomic mass is 32.2. The smallest absolute Gasteiger partial charge is 0.287 e. The third kappa shape index (κ3) is 4.82. The van der Waals surface area contributed by atoms with Gasteiger partial charge in [0.05, 0.1) is 31.1 Å². The zero-order valence-corrected chi connectivity index (χ0v) is 20.6. The maximum Gasteiger partial charge on any atom is 0.287 e. The van der Waals surface area contributed by atoms with Gasteiger partial charge in [0.2, 0.25) is 10.0 Å². The van der Waals surface area contributed by atoms with Gasteiger partial charge in [-0.15, -0.1) is 0 Å². The number of imide groups is 1. The monoisotopic (exact) mass is 518 g/mol. The van der Waals surface area contributed by atoms with Crippen molar-refractivity contribution in [1.29, 1.82) is 0 Å². The van der Waals surface area contributed by atoms with Gasteiger partial charge in [0.25, 0.3) is 11.8 Å². The molecule has 2 saturated heterocycles. The fourth-order valence-corrected chi connectivity index (χ4v) is 6.52. The summed E-state index contributed by atoms with van der Waals surface area (Å²) < 4.78 is 52.3. The Morgan fingerprint density at radius 2 is 1.64 bits per heavy atom. The Balaban J connectivity index is 1.26. The van der Waals surface area contributed by atoms with E-state index in [2.05, 4.69) is 0 Å². The van der Waals surface area contributed by atoms with E-state index in [0.29, 0.717) is 57.2 Å². The molecule has 3 heterocycles. The lowest BCUT2D eigenvalue weighted by Gasteiger charge is -2.36. The van der Waals surface area contributed by atoms with Crippen molar-refractivity contribution in [3.8, 4) is 11.5 Å². The van der Waals surface area contributed by atoms with Crippen LogP contribution in [0.5, 0.6) is 11.5 Å². The summed E-state index contributed by atoms with van der Waals surface area (Å²) >= 11 is 0. The molecule has 3 aliphatic rings. The van der Waals surface area contributed by atoms with E-state index in [1.807, 2.05) is 0 Å². The Morgan fingerprint density at radius 3 is 2.36 bits per heavy atom. The first-order valence-electron chi connectivity index (χ1n) is 12.2. The topological polar surface area (TPSA) is 97.7 Å². The number of sulfonamides is 1. The molecule has 1 atom stereocenters. The van der Waals surface area contributed by atoms with Crippen LogP contribution < -0.4 is 14.4 Å². The lowest BCUT2D eigenvalue weighted by Crippen LogP contribution is -3.19. The number of hydrogen-bond donors (Lipinski definition) is 1. The van der Waals surface area contributed by atoms with Gasteiger partial charge in [-0.2, -0.15) is 4.31 Å². The standard InChI is InChI=1S/C25H28FN3O6S/c26-19-6-4-18(5-7-19)24(30)29-10-2-1-3-21(25(29)31)27-11-13-28(14-12-27)36(32,33)20-8-9-22-23(17-20)35-16-15-34-22/h4-9,17,21H,1-3,10-16H2/p+1/t21-/m1/s1. The summed E-state index contributed by atoms with van der Waals surface area (Å²) in [6.45, 7) is 2.57. The van der Waals surface area contributed by atoms with Crippen LogP contribution in [0, 0.1) is 5.82 Å². The van der Waals surface area contributed by atoms with Gasteiger partial charge in [-0.3, -0.25) is 14.5 Å². The van der Waals surface area contributed by atoms with Crippen LogP contribution in [-0.4, -0.2) is 81.4 Å². The number of ether oxygens (including phenoxy) is 2. The largest absolute Gasteiger partial charge is 0.486 e. The van der Waals surface area contributed by atoms with Crippen molar-refractivity contribution >= 4 is 21.8 Å². The van der Waals surface area contributed by atoms with Gasteiger partial charge in [-0.25, -0.2) is 12.8 Å². The number of amides is 2. The number of benzene rings is 2. The molecule has 0 bridgehead atoms. The Kier molecular flexibility index (Phi) is 6.96. The van der Waals surface area contributed by atoms with Crippen LogP contribution in [0.1, 0.15) is 29.6 Å². The number of nitrogens with one attached hydrogen (secondary N) is 1. The summed E-state index contributed by atoms with van der Waals surface area (Å²) in [6, 6.07) is 9.40. The highest BCUT2D eigenvalue weighted by Gasteiger charge is 2.41. The van der Waals surface area contributed by atoms with E-state index in [1.54, 1.807) is 6.07 Å². The molecule has 5 rings (SSSR count). The molecule has 0 aromatic heterocycles. The Hall–Kier alpha value is -3.02. The lowest BCUT2D eigenvalue weighted by atomic mass is 10.1. The maximum atomic E-state index is 13.4. The predicted octanol–water partition coefficient (Wildman–Crippen LogP) is 0.708. The number of likely N-dealkylation sites (tertiary alicyclic amines) is 1. The van der Waals surface area contributed by atoms with Crippen LogP contribution >= 0.6 is 0 Å². The fourth-order valence-electron chi connectivity index (χ4n) is 5.06. The molecule has 1 N–H and O–H groups in total. The minimum atomic E-state index is -3.73. The normalized spacial score (nSPS) is 21.8. The molecule has 2 aromatic rings. The van der Waals surface area contributed by atoms with E-state index in [0.717, 1.165) is 11.3 Å². The number of rotatable bonds is 4. The number of quaternary nitrogens is 1. The number of hydrogen-bond acceptors (Lipinski definition) is 6. The minimum absolute atomic E-state index is 0.150. The molecule has 2 aromatic carbocycles. The van der Waals surface area contributed by atoms with E-state index in [9.17, 15) is 22.4 Å². The van der Waals surface area contributed by atoms with Gasteiger partial charge in [-0.05, 0) is 49.2 Å². The van der Waals surface area contributed by atoms with Gasteiger partial charge >= 0.3 is 0 Å². The first-order chi connectivity index (χ1) is 17.3. The number of halogens is 1. The average Bonchev–Trinajstić information content (AvgIpc) is 3.10. The van der Waals surface area contributed by atoms with Crippen molar-refractivity contribution in [3.63, 3.8) is 0 Å². The molecular weight excluding hydrogens is 489 g/mol. The highest BCUT2D eigenvalue weighted by Crippen LogP contribution is 2.33. The molecule has 0 spiro atoms. The molecule has 3 aliphatic heterocycles. The Bertz CT molecular complexity index is 1240. The molecule has 36 heavy (non-hydrogen) atoms. The number of carbonyl (C=O) groups excluding carboxylic acids is 2. The second-order valence-electron chi connectivity index (χ2n) is 9.22. The van der Waals surface area contributed by atoms with Crippen molar-refractivity contribution in [2.24, 2.45) is 0 Å². The molecule has 2 amide bonds. The summed E-state index contributed by atoms with van der Waals surface area (Å²) in [5.74, 6) is -0.172. The summed E-state index contributed by atoms with van der Waals surface area (Å²) in [5.41, 5.74) is 0.274. The number of fused-ring (bicyclic) bond motifs is 1. The first kappa shape index (κ1) is 24.7. The second kappa shape index (κ2) is 10.2. The van der Waals surface area contributed by atoms with Gasteiger partial charge in [-0.1, -0.05) is 0 Å². The lowest BCUT2D eigenvalue weighted by molar-refractivity contribution is -0.920. The van der Waals surface area contributed by atoms with Gasteiger partial charge < -0.3 is 14.4 Å². The van der Waals surface area contributed by atoms with E-state index < -0.39 is 27.8 Å². The van der Waals surface area contributed by atoms with Crippen molar-refractivity contribution in [1.82, 2.24) is 9.21 Å². The predicted molar refractivity (Wildman–Crippen MR) is 127 cm³/mol.